The van der Waals surface area contributed by atoms with Crippen LogP contribution < -0.4 is 11.1 Å². The quantitative estimate of drug-likeness (QED) is 0.787. The molecule has 0 unspecified atom stereocenters. The number of aromatic amines is 1. The predicted octanol–water partition coefficient (Wildman–Crippen LogP) is 2.08. The van der Waals surface area contributed by atoms with Gasteiger partial charge < -0.3 is 11.1 Å². The van der Waals surface area contributed by atoms with Crippen molar-refractivity contribution in [1.82, 2.24) is 15.4 Å². The lowest BCUT2D eigenvalue weighted by molar-refractivity contribution is -0.125. The smallest absolute Gasteiger partial charge is 0.231 e. The molecule has 0 atom stereocenters. The summed E-state index contributed by atoms with van der Waals surface area (Å²) in [6.45, 7) is 4.31. The van der Waals surface area contributed by atoms with E-state index in [1.165, 1.54) is 0 Å². The van der Waals surface area contributed by atoms with E-state index in [0.717, 1.165) is 23.9 Å². The highest BCUT2D eigenvalue weighted by Crippen LogP contribution is 2.27. The van der Waals surface area contributed by atoms with Crippen LogP contribution in [0.4, 0.5) is 5.69 Å². The van der Waals surface area contributed by atoms with Crippen LogP contribution in [0, 0.1) is 5.41 Å². The van der Waals surface area contributed by atoms with Crippen LogP contribution in [-0.4, -0.2) is 27.9 Å². The van der Waals surface area contributed by atoms with Gasteiger partial charge in [0.25, 0.3) is 0 Å². The van der Waals surface area contributed by atoms with Gasteiger partial charge in [0, 0.05) is 12.2 Å². The van der Waals surface area contributed by atoms with Crippen LogP contribution in [0.1, 0.15) is 26.7 Å². The van der Waals surface area contributed by atoms with Crippen molar-refractivity contribution >= 4 is 35.0 Å². The van der Waals surface area contributed by atoms with Gasteiger partial charge in [0.15, 0.2) is 0 Å². The standard InChI is InChI=1S/C13H19N5O.ClH/c1-3-13(4-2,8-14)12(19)15-9-5-6-10-11(7-9)17-18-16-10;/h5-7H,3-4,8,14H2,1-2H3,(H,15,19)(H,16,17,18);1H. The highest BCUT2D eigenvalue weighted by Gasteiger charge is 2.33. The van der Waals surface area contributed by atoms with E-state index in [9.17, 15) is 4.79 Å². The van der Waals surface area contributed by atoms with Crippen molar-refractivity contribution in [2.24, 2.45) is 11.1 Å². The van der Waals surface area contributed by atoms with Gasteiger partial charge in [-0.1, -0.05) is 13.8 Å². The second-order valence-corrected chi connectivity index (χ2v) is 4.67. The van der Waals surface area contributed by atoms with Gasteiger partial charge in [-0.05, 0) is 31.0 Å². The summed E-state index contributed by atoms with van der Waals surface area (Å²) < 4.78 is 0. The first-order valence-electron chi connectivity index (χ1n) is 6.47. The molecular formula is C13H20ClN5O. The van der Waals surface area contributed by atoms with Crippen LogP contribution in [-0.2, 0) is 4.79 Å². The topological polar surface area (TPSA) is 96.7 Å². The molecule has 0 fully saturated rings. The number of nitrogens with zero attached hydrogens (tertiary/aromatic N) is 2. The Hall–Kier alpha value is -1.66. The van der Waals surface area contributed by atoms with Gasteiger partial charge in [-0.2, -0.15) is 15.4 Å². The zero-order chi connectivity index (χ0) is 13.9. The maximum absolute atomic E-state index is 12.4. The largest absolute Gasteiger partial charge is 0.329 e. The van der Waals surface area contributed by atoms with Gasteiger partial charge in [0.05, 0.1) is 5.41 Å². The zero-order valence-corrected chi connectivity index (χ0v) is 12.5. The highest BCUT2D eigenvalue weighted by atomic mass is 35.5. The minimum Gasteiger partial charge on any atom is -0.329 e. The Labute approximate surface area is 123 Å². The second kappa shape index (κ2) is 6.67. The number of anilines is 1. The van der Waals surface area contributed by atoms with Crippen molar-refractivity contribution in [3.63, 3.8) is 0 Å². The fourth-order valence-corrected chi connectivity index (χ4v) is 2.13. The molecule has 1 aromatic carbocycles. The molecule has 2 rings (SSSR count). The Balaban J connectivity index is 0.00000200. The fraction of sp³-hybridized carbons (Fsp3) is 0.462. The third-order valence-electron chi connectivity index (χ3n) is 3.80. The molecule has 20 heavy (non-hydrogen) atoms. The monoisotopic (exact) mass is 297 g/mol. The number of aromatic nitrogens is 3. The molecule has 7 heteroatoms. The summed E-state index contributed by atoms with van der Waals surface area (Å²) in [7, 11) is 0. The van der Waals surface area contributed by atoms with Gasteiger partial charge in [0.1, 0.15) is 11.0 Å². The lowest BCUT2D eigenvalue weighted by Gasteiger charge is -2.28. The van der Waals surface area contributed by atoms with Crippen LogP contribution >= 0.6 is 12.4 Å². The minimum absolute atomic E-state index is 0. The number of hydrogen-bond donors (Lipinski definition) is 3. The number of halogens is 1. The Kier molecular flexibility index (Phi) is 5.47. The van der Waals surface area contributed by atoms with Crippen molar-refractivity contribution < 1.29 is 4.79 Å². The number of benzene rings is 1. The number of rotatable bonds is 5. The van der Waals surface area contributed by atoms with Crippen molar-refractivity contribution in [3.05, 3.63) is 18.2 Å². The number of carbonyl (C=O) groups excluding carboxylic acids is 1. The first kappa shape index (κ1) is 16.4. The van der Waals surface area contributed by atoms with E-state index in [1.807, 2.05) is 26.0 Å². The van der Waals surface area contributed by atoms with Crippen LogP contribution in [0.3, 0.4) is 0 Å². The lowest BCUT2D eigenvalue weighted by atomic mass is 9.81. The minimum atomic E-state index is -0.501. The number of carbonyl (C=O) groups is 1. The Bertz CT molecular complexity index is 571. The number of fused-ring (bicyclic) bond motifs is 1. The van der Waals surface area contributed by atoms with Gasteiger partial charge in [-0.25, -0.2) is 0 Å². The number of H-pyrrole nitrogens is 1. The number of amides is 1. The highest BCUT2D eigenvalue weighted by molar-refractivity contribution is 5.96. The van der Waals surface area contributed by atoms with E-state index in [2.05, 4.69) is 20.7 Å². The molecule has 0 spiro atoms. The molecular weight excluding hydrogens is 278 g/mol. The summed E-state index contributed by atoms with van der Waals surface area (Å²) in [5, 5.41) is 13.4. The lowest BCUT2D eigenvalue weighted by Crippen LogP contribution is -2.41. The van der Waals surface area contributed by atoms with E-state index < -0.39 is 5.41 Å². The summed E-state index contributed by atoms with van der Waals surface area (Å²) in [4.78, 5) is 12.4. The first-order valence-corrected chi connectivity index (χ1v) is 6.47. The molecule has 0 bridgehead atoms. The molecule has 1 aromatic heterocycles. The molecule has 6 nitrogen and oxygen atoms in total. The van der Waals surface area contributed by atoms with Crippen molar-refractivity contribution in [2.45, 2.75) is 26.7 Å². The molecule has 1 heterocycles. The summed E-state index contributed by atoms with van der Waals surface area (Å²) >= 11 is 0. The first-order chi connectivity index (χ1) is 9.15. The summed E-state index contributed by atoms with van der Waals surface area (Å²) in [5.74, 6) is -0.0390. The average Bonchev–Trinajstić information content (AvgIpc) is 2.89. The molecule has 4 N–H and O–H groups in total. The van der Waals surface area contributed by atoms with Crippen molar-refractivity contribution in [1.29, 1.82) is 0 Å². The molecule has 0 aliphatic rings. The fourth-order valence-electron chi connectivity index (χ4n) is 2.13. The van der Waals surface area contributed by atoms with E-state index in [-0.39, 0.29) is 18.3 Å². The van der Waals surface area contributed by atoms with Crippen molar-refractivity contribution in [3.8, 4) is 0 Å². The summed E-state index contributed by atoms with van der Waals surface area (Å²) in [6, 6.07) is 5.43. The maximum Gasteiger partial charge on any atom is 0.231 e. The normalized spacial score (nSPS) is 11.2. The summed E-state index contributed by atoms with van der Waals surface area (Å²) in [6.07, 6.45) is 1.44. The van der Waals surface area contributed by atoms with Gasteiger partial charge in [0.2, 0.25) is 5.91 Å². The van der Waals surface area contributed by atoms with Gasteiger partial charge >= 0.3 is 0 Å². The molecule has 0 saturated carbocycles. The average molecular weight is 298 g/mol. The molecule has 0 aliphatic heterocycles. The zero-order valence-electron chi connectivity index (χ0n) is 11.6. The Morgan fingerprint density at radius 2 is 1.95 bits per heavy atom. The number of hydrogen-bond acceptors (Lipinski definition) is 4. The van der Waals surface area contributed by atoms with E-state index in [4.69, 9.17) is 5.73 Å². The SMILES string of the molecule is CCC(CC)(CN)C(=O)Nc1ccc2n[nH]nc2c1.Cl. The Morgan fingerprint density at radius 1 is 1.30 bits per heavy atom. The van der Waals surface area contributed by atoms with Gasteiger partial charge in [-0.3, -0.25) is 4.79 Å². The number of nitrogens with two attached hydrogens (primary N) is 1. The van der Waals surface area contributed by atoms with Crippen LogP contribution in [0.25, 0.3) is 11.0 Å². The molecule has 1 amide bonds. The third-order valence-corrected chi connectivity index (χ3v) is 3.80. The molecule has 0 aliphatic carbocycles. The summed E-state index contributed by atoms with van der Waals surface area (Å²) in [5.41, 5.74) is 7.48. The predicted molar refractivity (Wildman–Crippen MR) is 81.8 cm³/mol. The Morgan fingerprint density at radius 3 is 2.55 bits per heavy atom. The van der Waals surface area contributed by atoms with Crippen molar-refractivity contribution in [2.75, 3.05) is 11.9 Å². The van der Waals surface area contributed by atoms with Crippen LogP contribution in [0.2, 0.25) is 0 Å². The molecule has 0 radical (unpaired) electrons. The van der Waals surface area contributed by atoms with E-state index >= 15 is 0 Å². The molecule has 2 aromatic rings. The maximum atomic E-state index is 12.4. The third kappa shape index (κ3) is 2.91. The van der Waals surface area contributed by atoms with Gasteiger partial charge in [-0.15, -0.1) is 12.4 Å². The van der Waals surface area contributed by atoms with Crippen LogP contribution in [0.5, 0.6) is 0 Å². The molecule has 110 valence electrons. The van der Waals surface area contributed by atoms with E-state index in [1.54, 1.807) is 6.07 Å². The molecule has 0 saturated heterocycles. The number of nitrogens with one attached hydrogen (secondary N) is 2. The van der Waals surface area contributed by atoms with Crippen LogP contribution in [0.15, 0.2) is 18.2 Å². The van der Waals surface area contributed by atoms with E-state index in [0.29, 0.717) is 12.2 Å². The second-order valence-electron chi connectivity index (χ2n) is 4.67.